The molecule has 0 atom stereocenters. The summed E-state index contributed by atoms with van der Waals surface area (Å²) in [6.45, 7) is 0. The van der Waals surface area contributed by atoms with E-state index in [1.54, 1.807) is 0 Å². The van der Waals surface area contributed by atoms with Crippen molar-refractivity contribution in [2.24, 2.45) is 0 Å². The Kier molecular flexibility index (Phi) is 3.53. The number of hydrogen-bond acceptors (Lipinski definition) is 2. The minimum absolute atomic E-state index is 0.0000632. The van der Waals surface area contributed by atoms with Crippen LogP contribution in [0.15, 0.2) is 12.1 Å². The van der Waals surface area contributed by atoms with Crippen molar-refractivity contribution in [3.05, 3.63) is 46.1 Å². The van der Waals surface area contributed by atoms with Gasteiger partial charge in [0.05, 0.1) is 18.1 Å². The van der Waals surface area contributed by atoms with Crippen LogP contribution in [0.25, 0.3) is 10.4 Å². The van der Waals surface area contributed by atoms with Gasteiger partial charge < -0.3 is 0 Å². The molecule has 0 fully saturated rings. The lowest BCUT2D eigenvalue weighted by atomic mass is 10.1. The van der Waals surface area contributed by atoms with E-state index < -0.39 is 34.6 Å². The van der Waals surface area contributed by atoms with E-state index in [0.717, 1.165) is 11.3 Å². The number of rotatable bonds is 2. The van der Waals surface area contributed by atoms with Crippen molar-refractivity contribution >= 4 is 11.3 Å². The van der Waals surface area contributed by atoms with E-state index in [1.807, 2.05) is 6.07 Å². The highest BCUT2D eigenvalue weighted by atomic mass is 32.1. The van der Waals surface area contributed by atoms with Gasteiger partial charge in [-0.15, -0.1) is 11.3 Å². The minimum atomic E-state index is -2.19. The summed E-state index contributed by atoms with van der Waals surface area (Å²) in [6.07, 6.45) is 0.0000632. The van der Waals surface area contributed by atoms with E-state index in [-0.39, 0.29) is 11.3 Å². The number of halogens is 5. The highest BCUT2D eigenvalue weighted by molar-refractivity contribution is 7.15. The van der Waals surface area contributed by atoms with Crippen molar-refractivity contribution in [2.45, 2.75) is 6.42 Å². The number of nitriles is 1. The average molecular weight is 289 g/mol. The van der Waals surface area contributed by atoms with Crippen molar-refractivity contribution in [3.8, 4) is 16.5 Å². The lowest BCUT2D eigenvalue weighted by Crippen LogP contribution is -2.03. The Morgan fingerprint density at radius 2 is 1.42 bits per heavy atom. The molecule has 0 saturated carbocycles. The summed E-state index contributed by atoms with van der Waals surface area (Å²) in [5.41, 5.74) is -0.967. The second-order valence-electron chi connectivity index (χ2n) is 3.55. The largest absolute Gasteiger partial charge is 0.203 e. The van der Waals surface area contributed by atoms with Gasteiger partial charge in [0, 0.05) is 9.75 Å². The van der Waals surface area contributed by atoms with Gasteiger partial charge in [-0.05, 0) is 12.1 Å². The molecule has 98 valence electrons. The van der Waals surface area contributed by atoms with Gasteiger partial charge in [-0.1, -0.05) is 0 Å². The van der Waals surface area contributed by atoms with Crippen molar-refractivity contribution < 1.29 is 22.0 Å². The zero-order valence-electron chi connectivity index (χ0n) is 9.11. The smallest absolute Gasteiger partial charge is 0.200 e. The summed E-state index contributed by atoms with van der Waals surface area (Å²) >= 11 is 0.804. The highest BCUT2D eigenvalue weighted by Crippen LogP contribution is 2.35. The van der Waals surface area contributed by atoms with Crippen LogP contribution >= 0.6 is 11.3 Å². The molecule has 19 heavy (non-hydrogen) atoms. The molecule has 1 nitrogen and oxygen atoms in total. The SMILES string of the molecule is N#CCc1ccc(-c2c(F)c(F)c(F)c(F)c2F)s1. The Balaban J connectivity index is 2.65. The van der Waals surface area contributed by atoms with Gasteiger partial charge in [0.15, 0.2) is 23.3 Å². The van der Waals surface area contributed by atoms with Crippen LogP contribution in [0, 0.1) is 40.4 Å². The zero-order chi connectivity index (χ0) is 14.2. The van der Waals surface area contributed by atoms with Gasteiger partial charge in [0.1, 0.15) is 0 Å². The molecule has 1 aromatic carbocycles. The van der Waals surface area contributed by atoms with Crippen LogP contribution < -0.4 is 0 Å². The summed E-state index contributed by atoms with van der Waals surface area (Å²) < 4.78 is 65.9. The molecule has 0 aliphatic heterocycles. The predicted molar refractivity (Wildman–Crippen MR) is 58.9 cm³/mol. The van der Waals surface area contributed by atoms with Gasteiger partial charge in [-0.3, -0.25) is 0 Å². The molecular formula is C12H4F5NS. The molecule has 1 heterocycles. The van der Waals surface area contributed by atoms with Crippen molar-refractivity contribution in [3.63, 3.8) is 0 Å². The van der Waals surface area contributed by atoms with E-state index in [1.165, 1.54) is 12.1 Å². The first-order chi connectivity index (χ1) is 8.97. The molecule has 0 bridgehead atoms. The van der Waals surface area contributed by atoms with Crippen LogP contribution in [0.1, 0.15) is 4.88 Å². The van der Waals surface area contributed by atoms with Crippen molar-refractivity contribution in [1.29, 1.82) is 5.26 Å². The topological polar surface area (TPSA) is 23.8 Å². The fourth-order valence-electron chi connectivity index (χ4n) is 1.51. The summed E-state index contributed by atoms with van der Waals surface area (Å²) in [7, 11) is 0. The summed E-state index contributed by atoms with van der Waals surface area (Å²) in [6, 6.07) is 4.45. The van der Waals surface area contributed by atoms with Gasteiger partial charge >= 0.3 is 0 Å². The van der Waals surface area contributed by atoms with E-state index in [0.29, 0.717) is 4.88 Å². The molecule has 2 aromatic rings. The molecule has 0 amide bonds. The van der Waals surface area contributed by atoms with Crippen LogP contribution in [-0.4, -0.2) is 0 Å². The average Bonchev–Trinajstić information content (AvgIpc) is 2.83. The quantitative estimate of drug-likeness (QED) is 0.462. The Morgan fingerprint density at radius 1 is 0.895 bits per heavy atom. The molecule has 0 radical (unpaired) electrons. The lowest BCUT2D eigenvalue weighted by Gasteiger charge is -2.06. The van der Waals surface area contributed by atoms with E-state index in [4.69, 9.17) is 5.26 Å². The first-order valence-corrected chi connectivity index (χ1v) is 5.76. The zero-order valence-corrected chi connectivity index (χ0v) is 9.92. The predicted octanol–water partition coefficient (Wildman–Crippen LogP) is 4.18. The van der Waals surface area contributed by atoms with Gasteiger partial charge in [0.2, 0.25) is 5.82 Å². The molecule has 2 rings (SSSR count). The fraction of sp³-hybridized carbons (Fsp3) is 0.0833. The monoisotopic (exact) mass is 289 g/mol. The molecule has 0 spiro atoms. The van der Waals surface area contributed by atoms with Crippen LogP contribution in [0.5, 0.6) is 0 Å². The molecule has 0 unspecified atom stereocenters. The second-order valence-corrected chi connectivity index (χ2v) is 4.71. The number of benzene rings is 1. The molecular weight excluding hydrogens is 285 g/mol. The van der Waals surface area contributed by atoms with Crippen molar-refractivity contribution in [1.82, 2.24) is 0 Å². The third-order valence-electron chi connectivity index (χ3n) is 2.37. The summed E-state index contributed by atoms with van der Waals surface area (Å²) in [4.78, 5) is 0.361. The highest BCUT2D eigenvalue weighted by Gasteiger charge is 2.27. The Labute approximate surface area is 108 Å². The Morgan fingerprint density at radius 3 is 1.95 bits per heavy atom. The number of nitrogens with zero attached hydrogens (tertiary/aromatic N) is 1. The van der Waals surface area contributed by atoms with E-state index in [2.05, 4.69) is 0 Å². The standard InChI is InChI=1S/C12H4F5NS/c13-8-7(6-2-1-5(19-6)3-4-18)9(14)11(16)12(17)10(8)15/h1-2H,3H2. The third-order valence-corrected chi connectivity index (χ3v) is 3.47. The fourth-order valence-corrected chi connectivity index (χ4v) is 2.48. The minimum Gasteiger partial charge on any atom is -0.203 e. The maximum Gasteiger partial charge on any atom is 0.200 e. The summed E-state index contributed by atoms with van der Waals surface area (Å²) in [5, 5.41) is 8.47. The van der Waals surface area contributed by atoms with E-state index >= 15 is 0 Å². The number of hydrogen-bond donors (Lipinski definition) is 0. The molecule has 7 heteroatoms. The molecule has 0 N–H and O–H groups in total. The first kappa shape index (κ1) is 13.5. The number of thiophene rings is 1. The van der Waals surface area contributed by atoms with Gasteiger partial charge in [-0.25, -0.2) is 22.0 Å². The summed E-state index contributed by atoms with van der Waals surface area (Å²) in [5.74, 6) is -9.90. The molecule has 0 aliphatic rings. The first-order valence-electron chi connectivity index (χ1n) is 4.94. The van der Waals surface area contributed by atoms with Crippen molar-refractivity contribution in [2.75, 3.05) is 0 Å². The van der Waals surface area contributed by atoms with Crippen LogP contribution in [0.3, 0.4) is 0 Å². The van der Waals surface area contributed by atoms with Gasteiger partial charge in [0.25, 0.3) is 0 Å². The Hall–Kier alpha value is -1.94. The third kappa shape index (κ3) is 2.19. The van der Waals surface area contributed by atoms with E-state index in [9.17, 15) is 22.0 Å². The molecule has 0 saturated heterocycles. The lowest BCUT2D eigenvalue weighted by molar-refractivity contribution is 0.381. The molecule has 0 aliphatic carbocycles. The maximum absolute atomic E-state index is 13.5. The van der Waals surface area contributed by atoms with Crippen LogP contribution in [0.4, 0.5) is 22.0 Å². The maximum atomic E-state index is 13.5. The molecule has 1 aromatic heterocycles. The normalized spacial score (nSPS) is 10.5. The van der Waals surface area contributed by atoms with Crippen LogP contribution in [0.2, 0.25) is 0 Å². The van der Waals surface area contributed by atoms with Gasteiger partial charge in [-0.2, -0.15) is 5.26 Å². The van der Waals surface area contributed by atoms with Crippen LogP contribution in [-0.2, 0) is 6.42 Å². The second kappa shape index (κ2) is 4.97. The Bertz CT molecular complexity index is 657.